The second-order valence-electron chi connectivity index (χ2n) is 5.65. The lowest BCUT2D eigenvalue weighted by Crippen LogP contribution is -2.38. The molecular weight excluding hydrogens is 221 g/mol. The molecule has 3 rings (SSSR count). The molecule has 1 aromatic heterocycles. The van der Waals surface area contributed by atoms with Crippen molar-refractivity contribution in [3.05, 3.63) is 11.7 Å². The van der Waals surface area contributed by atoms with Gasteiger partial charge in [0.25, 0.3) is 0 Å². The third-order valence-corrected chi connectivity index (χ3v) is 4.24. The van der Waals surface area contributed by atoms with Gasteiger partial charge in [-0.2, -0.15) is 4.98 Å². The molecule has 5 heteroatoms. The summed E-state index contributed by atoms with van der Waals surface area (Å²) in [6, 6.07) is 0. The van der Waals surface area contributed by atoms with E-state index in [0.717, 1.165) is 44.6 Å². The van der Waals surface area contributed by atoms with Gasteiger partial charge in [-0.05, 0) is 38.8 Å². The third kappa shape index (κ3) is 1.76. The highest BCUT2D eigenvalue weighted by Gasteiger charge is 2.50. The Morgan fingerprint density at radius 1 is 1.29 bits per heavy atom. The van der Waals surface area contributed by atoms with Crippen LogP contribution >= 0.6 is 0 Å². The van der Waals surface area contributed by atoms with Crippen LogP contribution < -0.4 is 5.32 Å². The van der Waals surface area contributed by atoms with Gasteiger partial charge in [0.2, 0.25) is 5.89 Å². The van der Waals surface area contributed by atoms with Crippen molar-refractivity contribution >= 4 is 0 Å². The minimum atomic E-state index is -0.436. The molecule has 1 aliphatic heterocycles. The molecule has 4 nitrogen and oxygen atoms in total. The van der Waals surface area contributed by atoms with Crippen LogP contribution in [-0.2, 0) is 10.8 Å². The van der Waals surface area contributed by atoms with E-state index < -0.39 is 5.41 Å². The lowest BCUT2D eigenvalue weighted by atomic mass is 9.80. The Hall–Kier alpha value is -0.970. The van der Waals surface area contributed by atoms with Gasteiger partial charge in [0.15, 0.2) is 5.82 Å². The smallest absolute Gasteiger partial charge is 0.235 e. The third-order valence-electron chi connectivity index (χ3n) is 4.24. The molecule has 0 radical (unpaired) electrons. The monoisotopic (exact) mass is 239 g/mol. The molecule has 1 saturated heterocycles. The number of rotatable bonds is 3. The number of nitrogens with zero attached hydrogens (tertiary/aromatic N) is 2. The molecule has 2 aliphatic rings. The van der Waals surface area contributed by atoms with Crippen molar-refractivity contribution in [1.29, 1.82) is 0 Å². The summed E-state index contributed by atoms with van der Waals surface area (Å²) in [5, 5.41) is 7.41. The molecular formula is C12H18FN3O. The molecule has 94 valence electrons. The molecule has 0 spiro atoms. The zero-order chi connectivity index (χ0) is 11.9. The summed E-state index contributed by atoms with van der Waals surface area (Å²) >= 11 is 0. The Bertz CT molecular complexity index is 408. The molecule has 0 atom stereocenters. The first kappa shape index (κ1) is 11.1. The zero-order valence-corrected chi connectivity index (χ0v) is 10.1. The Kier molecular flexibility index (Phi) is 2.47. The van der Waals surface area contributed by atoms with E-state index in [2.05, 4.69) is 22.4 Å². The predicted molar refractivity (Wildman–Crippen MR) is 60.6 cm³/mol. The van der Waals surface area contributed by atoms with Gasteiger partial charge < -0.3 is 9.84 Å². The Morgan fingerprint density at radius 2 is 2.00 bits per heavy atom. The maximum Gasteiger partial charge on any atom is 0.235 e. The molecule has 0 aromatic carbocycles. The van der Waals surface area contributed by atoms with E-state index in [1.165, 1.54) is 0 Å². The van der Waals surface area contributed by atoms with E-state index >= 15 is 0 Å². The van der Waals surface area contributed by atoms with Crippen molar-refractivity contribution in [3.8, 4) is 0 Å². The van der Waals surface area contributed by atoms with Gasteiger partial charge in [0.05, 0.1) is 5.41 Å². The summed E-state index contributed by atoms with van der Waals surface area (Å²) in [5.41, 5.74) is -0.450. The van der Waals surface area contributed by atoms with Crippen LogP contribution in [-0.4, -0.2) is 29.9 Å². The molecule has 2 heterocycles. The van der Waals surface area contributed by atoms with Gasteiger partial charge >= 0.3 is 0 Å². The molecule has 1 N–H and O–H groups in total. The lowest BCUT2D eigenvalue weighted by molar-refractivity contribution is 0.285. The fraction of sp³-hybridized carbons (Fsp3) is 0.833. The van der Waals surface area contributed by atoms with Crippen molar-refractivity contribution in [3.63, 3.8) is 0 Å². The topological polar surface area (TPSA) is 51.0 Å². The van der Waals surface area contributed by atoms with E-state index in [9.17, 15) is 4.39 Å². The summed E-state index contributed by atoms with van der Waals surface area (Å²) in [4.78, 5) is 4.47. The Balaban J connectivity index is 1.84. The second-order valence-corrected chi connectivity index (χ2v) is 5.65. The minimum absolute atomic E-state index is 0.0145. The largest absolute Gasteiger partial charge is 0.339 e. The van der Waals surface area contributed by atoms with Gasteiger partial charge in [-0.15, -0.1) is 0 Å². The number of piperidine rings is 1. The first-order valence-corrected chi connectivity index (χ1v) is 6.30. The fourth-order valence-electron chi connectivity index (χ4n) is 2.44. The summed E-state index contributed by atoms with van der Waals surface area (Å²) in [5.74, 6) is 1.27. The van der Waals surface area contributed by atoms with Crippen LogP contribution in [0.25, 0.3) is 0 Å². The van der Waals surface area contributed by atoms with Crippen molar-refractivity contribution in [2.45, 2.75) is 43.4 Å². The van der Waals surface area contributed by atoms with Crippen LogP contribution in [0.2, 0.25) is 0 Å². The maximum absolute atomic E-state index is 12.9. The molecule has 17 heavy (non-hydrogen) atoms. The van der Waals surface area contributed by atoms with Crippen molar-refractivity contribution in [2.24, 2.45) is 0 Å². The van der Waals surface area contributed by atoms with Crippen LogP contribution in [0.15, 0.2) is 4.52 Å². The highest BCUT2D eigenvalue weighted by atomic mass is 19.1. The van der Waals surface area contributed by atoms with E-state index in [1.54, 1.807) is 0 Å². The van der Waals surface area contributed by atoms with Crippen LogP contribution in [0, 0.1) is 0 Å². The Morgan fingerprint density at radius 3 is 2.59 bits per heavy atom. The SMILES string of the molecule is CC1(c2noc(C3(CF)CC3)n2)CCNCC1. The summed E-state index contributed by atoms with van der Waals surface area (Å²) in [6.45, 7) is 3.74. The number of hydrogen-bond acceptors (Lipinski definition) is 4. The highest BCUT2D eigenvalue weighted by molar-refractivity contribution is 5.18. The normalized spacial score (nSPS) is 25.8. The van der Waals surface area contributed by atoms with Gasteiger partial charge in [-0.25, -0.2) is 4.39 Å². The first-order chi connectivity index (χ1) is 8.19. The standard InChI is InChI=1S/C12H18FN3O/c1-11(4-6-14-7-5-11)9-15-10(17-16-9)12(8-13)2-3-12/h14H,2-8H2,1H3. The van der Waals surface area contributed by atoms with E-state index in [1.807, 2.05) is 0 Å². The van der Waals surface area contributed by atoms with Gasteiger partial charge in [0, 0.05) is 5.41 Å². The van der Waals surface area contributed by atoms with Crippen molar-refractivity contribution in [2.75, 3.05) is 19.8 Å². The number of alkyl halides is 1. The number of nitrogens with one attached hydrogen (secondary N) is 1. The van der Waals surface area contributed by atoms with Gasteiger partial charge in [-0.3, -0.25) is 0 Å². The first-order valence-electron chi connectivity index (χ1n) is 6.30. The van der Waals surface area contributed by atoms with Crippen LogP contribution in [0.4, 0.5) is 4.39 Å². The van der Waals surface area contributed by atoms with Crippen LogP contribution in [0.3, 0.4) is 0 Å². The summed E-state index contributed by atoms with van der Waals surface area (Å²) in [7, 11) is 0. The average molecular weight is 239 g/mol. The molecule has 2 fully saturated rings. The fourth-order valence-corrected chi connectivity index (χ4v) is 2.44. The number of hydrogen-bond donors (Lipinski definition) is 1. The van der Waals surface area contributed by atoms with Gasteiger partial charge in [-0.1, -0.05) is 12.1 Å². The minimum Gasteiger partial charge on any atom is -0.339 e. The maximum atomic E-state index is 12.9. The van der Waals surface area contributed by atoms with Crippen molar-refractivity contribution in [1.82, 2.24) is 15.5 Å². The molecule has 0 unspecified atom stereocenters. The Labute approximate surface area is 100.0 Å². The summed E-state index contributed by atoms with van der Waals surface area (Å²) < 4.78 is 18.2. The van der Waals surface area contributed by atoms with Gasteiger partial charge in [0.1, 0.15) is 6.67 Å². The second kappa shape index (κ2) is 3.77. The molecule has 1 aliphatic carbocycles. The van der Waals surface area contributed by atoms with E-state index in [0.29, 0.717) is 5.89 Å². The number of aromatic nitrogens is 2. The molecule has 1 saturated carbocycles. The molecule has 0 bridgehead atoms. The van der Waals surface area contributed by atoms with E-state index in [4.69, 9.17) is 4.52 Å². The average Bonchev–Trinajstić information content (AvgIpc) is 2.98. The molecule has 0 amide bonds. The van der Waals surface area contributed by atoms with Crippen LogP contribution in [0.1, 0.15) is 44.3 Å². The zero-order valence-electron chi connectivity index (χ0n) is 10.1. The highest BCUT2D eigenvalue weighted by Crippen LogP contribution is 2.48. The van der Waals surface area contributed by atoms with Crippen molar-refractivity contribution < 1.29 is 8.91 Å². The summed E-state index contributed by atoms with van der Waals surface area (Å²) in [6.07, 6.45) is 3.69. The lowest BCUT2D eigenvalue weighted by Gasteiger charge is -2.30. The predicted octanol–water partition coefficient (Wildman–Crippen LogP) is 1.71. The van der Waals surface area contributed by atoms with E-state index in [-0.39, 0.29) is 12.1 Å². The quantitative estimate of drug-likeness (QED) is 0.872. The number of halogens is 1. The molecule has 1 aromatic rings. The van der Waals surface area contributed by atoms with Crippen LogP contribution in [0.5, 0.6) is 0 Å².